The van der Waals surface area contributed by atoms with Gasteiger partial charge in [-0.1, -0.05) is 150 Å². The van der Waals surface area contributed by atoms with Gasteiger partial charge in [-0.3, -0.25) is 0 Å². The fourth-order valence-corrected chi connectivity index (χ4v) is 2.99. The first-order valence-corrected chi connectivity index (χ1v) is 14.9. The largest absolute Gasteiger partial charge is 0.100 e. The lowest BCUT2D eigenvalue weighted by molar-refractivity contribution is 0.854. The highest BCUT2D eigenvalue weighted by Crippen LogP contribution is 2.20. The highest BCUT2D eigenvalue weighted by atomic mass is 14.1. The number of hydrogen-bond donors (Lipinski definition) is 0. The third-order valence-corrected chi connectivity index (χ3v) is 4.73. The average Bonchev–Trinajstić information content (AvgIpc) is 2.87. The lowest BCUT2D eigenvalue weighted by Crippen LogP contribution is -1.93. The Morgan fingerprint density at radius 3 is 1.44 bits per heavy atom. The zero-order valence-corrected chi connectivity index (χ0v) is 27.9. The van der Waals surface area contributed by atoms with Crippen LogP contribution < -0.4 is 0 Å². The van der Waals surface area contributed by atoms with Gasteiger partial charge in [-0.05, 0) is 74.3 Å². The fraction of sp³-hybridized carbons (Fsp3) is 0.611. The van der Waals surface area contributed by atoms with Gasteiger partial charge in [0.2, 0.25) is 0 Å². The lowest BCUT2D eigenvalue weighted by Gasteiger charge is -2.10. The van der Waals surface area contributed by atoms with Crippen LogP contribution in [0.4, 0.5) is 0 Å². The highest BCUT2D eigenvalue weighted by Gasteiger charge is 2.03. The molecule has 0 unspecified atom stereocenters. The van der Waals surface area contributed by atoms with Crippen molar-refractivity contribution in [2.45, 2.75) is 149 Å². The van der Waals surface area contributed by atoms with Crippen LogP contribution in [-0.4, -0.2) is 0 Å². The second-order valence-electron chi connectivity index (χ2n) is 8.53. The Morgan fingerprint density at radius 2 is 1.14 bits per heavy atom. The molecule has 2 rings (SSSR count). The Morgan fingerprint density at radius 1 is 0.694 bits per heavy atom. The maximum Gasteiger partial charge on any atom is -0.0216 e. The zero-order valence-electron chi connectivity index (χ0n) is 27.9. The Balaban J connectivity index is -0.000000118. The molecule has 36 heavy (non-hydrogen) atoms. The van der Waals surface area contributed by atoms with E-state index in [0.29, 0.717) is 5.92 Å². The first kappa shape index (κ1) is 44.2. The summed E-state index contributed by atoms with van der Waals surface area (Å²) in [7, 11) is 0. The maximum atomic E-state index is 3.74. The minimum atomic E-state index is 0.648. The minimum absolute atomic E-state index is 0.648. The molecule has 0 aliphatic heterocycles. The molecule has 0 atom stereocenters. The molecule has 0 radical (unpaired) electrons. The molecule has 0 bridgehead atoms. The van der Waals surface area contributed by atoms with Gasteiger partial charge in [0.1, 0.15) is 0 Å². The van der Waals surface area contributed by atoms with Crippen molar-refractivity contribution in [1.29, 1.82) is 0 Å². The van der Waals surface area contributed by atoms with Gasteiger partial charge in [0.15, 0.2) is 0 Å². The van der Waals surface area contributed by atoms with Crippen molar-refractivity contribution in [1.82, 2.24) is 0 Å². The van der Waals surface area contributed by atoms with E-state index in [0.717, 1.165) is 0 Å². The van der Waals surface area contributed by atoms with Gasteiger partial charge in [0.05, 0.1) is 0 Å². The average molecular weight is 501 g/mol. The maximum absolute atomic E-state index is 3.74. The van der Waals surface area contributed by atoms with E-state index in [1.807, 2.05) is 41.5 Å². The summed E-state index contributed by atoms with van der Waals surface area (Å²) in [4.78, 5) is 0. The molecule has 0 saturated heterocycles. The van der Waals surface area contributed by atoms with E-state index in [4.69, 9.17) is 0 Å². The number of allylic oxidation sites excluding steroid dienone is 1. The van der Waals surface area contributed by atoms with Gasteiger partial charge in [0.25, 0.3) is 0 Å². The molecule has 0 fully saturated rings. The van der Waals surface area contributed by atoms with Crippen LogP contribution in [0.1, 0.15) is 149 Å². The molecule has 212 valence electrons. The van der Waals surface area contributed by atoms with Crippen molar-refractivity contribution in [3.05, 3.63) is 82.4 Å². The predicted octanol–water partition coefficient (Wildman–Crippen LogP) is 13.2. The summed E-state index contributed by atoms with van der Waals surface area (Å²) < 4.78 is 0. The Labute approximate surface area is 231 Å². The van der Waals surface area contributed by atoms with Crippen molar-refractivity contribution in [2.75, 3.05) is 0 Å². The van der Waals surface area contributed by atoms with E-state index in [1.54, 1.807) is 0 Å². The first-order chi connectivity index (χ1) is 17.2. The van der Waals surface area contributed by atoms with Crippen LogP contribution in [0.5, 0.6) is 0 Å². The van der Waals surface area contributed by atoms with Gasteiger partial charge >= 0.3 is 0 Å². The van der Waals surface area contributed by atoms with E-state index in [2.05, 4.69) is 118 Å². The summed E-state index contributed by atoms with van der Waals surface area (Å²) in [5.74, 6) is 0.648. The molecule has 0 heteroatoms. The smallest absolute Gasteiger partial charge is 0.0216 e. The Kier molecular flexibility index (Phi) is 43.4. The minimum Gasteiger partial charge on any atom is -0.100 e. The van der Waals surface area contributed by atoms with Crippen LogP contribution in [0.2, 0.25) is 0 Å². The van der Waals surface area contributed by atoms with E-state index < -0.39 is 0 Å². The van der Waals surface area contributed by atoms with E-state index in [9.17, 15) is 0 Å². The van der Waals surface area contributed by atoms with Gasteiger partial charge < -0.3 is 0 Å². The standard InChI is InChI=1S/C11H16.C10H14.C6H12.C3H8.3C2H6/c1-8(2)11-7-5-6-9(3)10(11)4;1-3-6-10-8-5-4-7-9(10)2;1-4-5-6(2)3;1-3-2;3*1-2/h5-8H,1-4H3;4-5,7-8H,3,6H2,1-2H3;2,4-5H2,1,3H3;3H2,1-2H3;3*1-2H3. The number of rotatable bonds is 5. The van der Waals surface area contributed by atoms with Gasteiger partial charge in [-0.2, -0.15) is 0 Å². The lowest BCUT2D eigenvalue weighted by atomic mass is 9.95. The topological polar surface area (TPSA) is 0 Å². The van der Waals surface area contributed by atoms with E-state index >= 15 is 0 Å². The summed E-state index contributed by atoms with van der Waals surface area (Å²) >= 11 is 0. The van der Waals surface area contributed by atoms with Crippen molar-refractivity contribution in [3.8, 4) is 0 Å². The summed E-state index contributed by atoms with van der Waals surface area (Å²) in [6, 6.07) is 15.1. The molecule has 2 aromatic carbocycles. The van der Waals surface area contributed by atoms with Crippen molar-refractivity contribution in [2.24, 2.45) is 0 Å². The third kappa shape index (κ3) is 28.4. The second-order valence-corrected chi connectivity index (χ2v) is 8.53. The molecule has 0 saturated carbocycles. The third-order valence-electron chi connectivity index (χ3n) is 4.73. The molecule has 0 heterocycles. The molecule has 0 amide bonds. The molecule has 0 N–H and O–H groups in total. The van der Waals surface area contributed by atoms with Gasteiger partial charge in [-0.15, -0.1) is 6.58 Å². The zero-order chi connectivity index (χ0) is 29.5. The molecule has 0 aromatic heterocycles. The highest BCUT2D eigenvalue weighted by molar-refractivity contribution is 5.34. The van der Waals surface area contributed by atoms with Crippen molar-refractivity contribution in [3.63, 3.8) is 0 Å². The van der Waals surface area contributed by atoms with E-state index in [-0.39, 0.29) is 0 Å². The number of benzene rings is 2. The quantitative estimate of drug-likeness (QED) is 0.358. The van der Waals surface area contributed by atoms with Crippen LogP contribution in [0.25, 0.3) is 0 Å². The summed E-state index contributed by atoms with van der Waals surface area (Å²) in [6.07, 6.45) is 6.12. The van der Waals surface area contributed by atoms with Crippen molar-refractivity contribution < 1.29 is 0 Å². The molecule has 0 aliphatic carbocycles. The van der Waals surface area contributed by atoms with Crippen LogP contribution in [0, 0.1) is 20.8 Å². The molecular formula is C36H68. The Bertz CT molecular complexity index is 676. The second kappa shape index (κ2) is 35.3. The summed E-state index contributed by atoms with van der Waals surface area (Å²) in [5.41, 5.74) is 8.52. The monoisotopic (exact) mass is 501 g/mol. The van der Waals surface area contributed by atoms with Gasteiger partial charge in [0, 0.05) is 0 Å². The summed E-state index contributed by atoms with van der Waals surface area (Å²) in [6.45, 7) is 37.4. The predicted molar refractivity (Wildman–Crippen MR) is 175 cm³/mol. The Hall–Kier alpha value is -1.82. The normalized spacial score (nSPS) is 8.36. The van der Waals surface area contributed by atoms with Crippen molar-refractivity contribution >= 4 is 0 Å². The molecule has 2 aromatic rings. The van der Waals surface area contributed by atoms with Crippen LogP contribution in [0.3, 0.4) is 0 Å². The molecule has 0 aliphatic rings. The fourth-order valence-electron chi connectivity index (χ4n) is 2.99. The van der Waals surface area contributed by atoms with E-state index in [1.165, 1.54) is 65.5 Å². The summed E-state index contributed by atoms with van der Waals surface area (Å²) in [5, 5.41) is 0. The van der Waals surface area contributed by atoms with Gasteiger partial charge in [-0.25, -0.2) is 0 Å². The number of hydrogen-bond acceptors (Lipinski definition) is 0. The molecule has 0 spiro atoms. The first-order valence-electron chi connectivity index (χ1n) is 14.9. The van der Waals surface area contributed by atoms with Crippen LogP contribution in [-0.2, 0) is 6.42 Å². The number of aryl methyl sites for hydroxylation is 3. The van der Waals surface area contributed by atoms with Crippen LogP contribution in [0.15, 0.2) is 54.6 Å². The van der Waals surface area contributed by atoms with Crippen LogP contribution >= 0.6 is 0 Å². The molecule has 0 nitrogen and oxygen atoms in total. The SMILES string of the molecule is C=C(C)CCC.CC.CC.CC.CCC.CCCc1ccccc1C.Cc1cccc(C(C)C)c1C. The molecular weight excluding hydrogens is 432 g/mol.